The minimum Gasteiger partial charge on any atom is -0.487 e. The predicted molar refractivity (Wildman–Crippen MR) is 120 cm³/mol. The number of rotatable bonds is 7. The van der Waals surface area contributed by atoms with Crippen LogP contribution in [0, 0.1) is 0 Å². The Balaban J connectivity index is 1.61. The summed E-state index contributed by atoms with van der Waals surface area (Å²) in [7, 11) is 0. The lowest BCUT2D eigenvalue weighted by molar-refractivity contribution is -0.129. The third-order valence-electron chi connectivity index (χ3n) is 4.00. The number of hydrogen-bond acceptors (Lipinski definition) is 4. The molecule has 0 unspecified atom stereocenters. The third-order valence-corrected chi connectivity index (χ3v) is 5.18. The fraction of sp³-hybridized carbons (Fsp3) is 0.0909. The molecule has 0 aromatic heterocycles. The molecule has 148 valence electrons. The number of ether oxygens (including phenoxy) is 1. The van der Waals surface area contributed by atoms with Gasteiger partial charge < -0.3 is 9.84 Å². The Morgan fingerprint density at radius 2 is 1.62 bits per heavy atom. The highest BCUT2D eigenvalue weighted by Gasteiger charge is 2.16. The number of halogens is 2. The standard InChI is InChI=1S/C22H18Br2N2O3/c23-18-11-16(12-19(24)21(18)29-14-15-7-3-1-4-8-15)13-25-26-22(28)20(27)17-9-5-2-6-10-17/h1-13,20,27H,14H2,(H,26,28)/b25-13-/t20-/m1/s1. The molecule has 1 atom stereocenters. The summed E-state index contributed by atoms with van der Waals surface area (Å²) in [4.78, 5) is 12.0. The van der Waals surface area contributed by atoms with Gasteiger partial charge in [0.05, 0.1) is 15.2 Å². The molecule has 2 N–H and O–H groups in total. The number of carbonyl (C=O) groups is 1. The van der Waals surface area contributed by atoms with Crippen LogP contribution in [0.2, 0.25) is 0 Å². The zero-order valence-corrected chi connectivity index (χ0v) is 18.4. The molecule has 0 bridgehead atoms. The van der Waals surface area contributed by atoms with Gasteiger partial charge in [0.25, 0.3) is 5.91 Å². The van der Waals surface area contributed by atoms with Crippen molar-refractivity contribution in [1.82, 2.24) is 5.43 Å². The van der Waals surface area contributed by atoms with E-state index in [1.807, 2.05) is 48.5 Å². The zero-order valence-electron chi connectivity index (χ0n) is 15.3. The maximum atomic E-state index is 12.0. The number of aliphatic hydroxyl groups is 1. The fourth-order valence-electron chi connectivity index (χ4n) is 2.54. The van der Waals surface area contributed by atoms with Gasteiger partial charge in [-0.1, -0.05) is 60.7 Å². The quantitative estimate of drug-likeness (QED) is 0.343. The summed E-state index contributed by atoms with van der Waals surface area (Å²) in [5, 5.41) is 14.0. The number of hydrogen-bond donors (Lipinski definition) is 2. The Morgan fingerprint density at radius 3 is 2.24 bits per heavy atom. The van der Waals surface area contributed by atoms with E-state index in [1.54, 1.807) is 24.3 Å². The minimum atomic E-state index is -1.28. The first kappa shape index (κ1) is 21.2. The SMILES string of the molecule is O=C(N/N=C\c1cc(Br)c(OCc2ccccc2)c(Br)c1)[C@H](O)c1ccccc1. The van der Waals surface area contributed by atoms with Crippen molar-refractivity contribution in [2.24, 2.45) is 5.10 Å². The van der Waals surface area contributed by atoms with E-state index in [0.29, 0.717) is 17.9 Å². The summed E-state index contributed by atoms with van der Waals surface area (Å²) in [6, 6.07) is 22.2. The molecule has 1 amide bonds. The van der Waals surface area contributed by atoms with Crippen molar-refractivity contribution in [3.8, 4) is 5.75 Å². The summed E-state index contributed by atoms with van der Waals surface area (Å²) in [5.74, 6) is 0.0722. The van der Waals surface area contributed by atoms with Crippen molar-refractivity contribution in [1.29, 1.82) is 0 Å². The van der Waals surface area contributed by atoms with Crippen LogP contribution in [0.5, 0.6) is 5.75 Å². The van der Waals surface area contributed by atoms with Crippen molar-refractivity contribution in [3.05, 3.63) is 98.4 Å². The molecular weight excluding hydrogens is 500 g/mol. The maximum Gasteiger partial charge on any atom is 0.273 e. The van der Waals surface area contributed by atoms with Crippen LogP contribution in [0.4, 0.5) is 0 Å². The normalized spacial score (nSPS) is 12.0. The molecule has 0 saturated carbocycles. The second kappa shape index (κ2) is 10.3. The zero-order chi connectivity index (χ0) is 20.6. The van der Waals surface area contributed by atoms with E-state index < -0.39 is 12.0 Å². The molecule has 29 heavy (non-hydrogen) atoms. The summed E-state index contributed by atoms with van der Waals surface area (Å²) < 4.78 is 7.39. The van der Waals surface area contributed by atoms with Gasteiger partial charge in [0, 0.05) is 0 Å². The smallest absolute Gasteiger partial charge is 0.273 e. The minimum absolute atomic E-state index is 0.443. The number of benzene rings is 3. The molecule has 0 radical (unpaired) electrons. The van der Waals surface area contributed by atoms with E-state index in [9.17, 15) is 9.90 Å². The molecule has 0 spiro atoms. The van der Waals surface area contributed by atoms with Gasteiger partial charge in [-0.05, 0) is 60.7 Å². The number of carbonyl (C=O) groups excluding carboxylic acids is 1. The number of aliphatic hydroxyl groups excluding tert-OH is 1. The average molecular weight is 518 g/mol. The fourth-order valence-corrected chi connectivity index (χ4v) is 3.99. The summed E-state index contributed by atoms with van der Waals surface area (Å²) in [6.07, 6.45) is 0.215. The van der Waals surface area contributed by atoms with Crippen LogP contribution in [-0.4, -0.2) is 17.2 Å². The first-order valence-corrected chi connectivity index (χ1v) is 10.3. The molecule has 0 aliphatic rings. The first-order valence-electron chi connectivity index (χ1n) is 8.76. The number of hydrazone groups is 1. The van der Waals surface area contributed by atoms with E-state index in [4.69, 9.17) is 4.74 Å². The highest BCUT2D eigenvalue weighted by Crippen LogP contribution is 2.35. The molecule has 0 fully saturated rings. The van der Waals surface area contributed by atoms with Crippen molar-refractivity contribution in [3.63, 3.8) is 0 Å². The topological polar surface area (TPSA) is 70.9 Å². The van der Waals surface area contributed by atoms with Gasteiger partial charge in [0.1, 0.15) is 12.4 Å². The Bertz CT molecular complexity index is 972. The van der Waals surface area contributed by atoms with Gasteiger partial charge in [-0.3, -0.25) is 4.79 Å². The van der Waals surface area contributed by atoms with Crippen molar-refractivity contribution < 1.29 is 14.6 Å². The molecule has 0 heterocycles. The van der Waals surface area contributed by atoms with E-state index in [0.717, 1.165) is 20.1 Å². The van der Waals surface area contributed by atoms with Crippen LogP contribution in [0.1, 0.15) is 22.8 Å². The van der Waals surface area contributed by atoms with E-state index in [2.05, 4.69) is 42.4 Å². The van der Waals surface area contributed by atoms with Crippen LogP contribution >= 0.6 is 31.9 Å². The number of nitrogens with one attached hydrogen (secondary N) is 1. The van der Waals surface area contributed by atoms with Crippen molar-refractivity contribution >= 4 is 44.0 Å². The Kier molecular flexibility index (Phi) is 7.57. The molecule has 7 heteroatoms. The molecular formula is C22H18Br2N2O3. The molecule has 3 rings (SSSR count). The molecule has 0 aliphatic heterocycles. The second-order valence-corrected chi connectivity index (χ2v) is 7.84. The lowest BCUT2D eigenvalue weighted by atomic mass is 10.1. The molecule has 5 nitrogen and oxygen atoms in total. The van der Waals surface area contributed by atoms with Gasteiger partial charge in [0.2, 0.25) is 0 Å². The average Bonchev–Trinajstić information content (AvgIpc) is 2.74. The van der Waals surface area contributed by atoms with Gasteiger partial charge >= 0.3 is 0 Å². The Hall–Kier alpha value is -2.48. The van der Waals surface area contributed by atoms with E-state index in [-0.39, 0.29) is 0 Å². The van der Waals surface area contributed by atoms with Crippen LogP contribution < -0.4 is 10.2 Å². The van der Waals surface area contributed by atoms with Crippen molar-refractivity contribution in [2.45, 2.75) is 12.7 Å². The summed E-state index contributed by atoms with van der Waals surface area (Å²) in [6.45, 7) is 0.443. The number of amides is 1. The van der Waals surface area contributed by atoms with E-state index in [1.165, 1.54) is 6.21 Å². The van der Waals surface area contributed by atoms with Gasteiger partial charge in [-0.25, -0.2) is 5.43 Å². The summed E-state index contributed by atoms with van der Waals surface area (Å²) in [5.41, 5.74) is 4.66. The predicted octanol–water partition coefficient (Wildman–Crippen LogP) is 4.97. The number of nitrogens with zero attached hydrogens (tertiary/aromatic N) is 1. The van der Waals surface area contributed by atoms with Crippen molar-refractivity contribution in [2.75, 3.05) is 0 Å². The monoisotopic (exact) mass is 516 g/mol. The largest absolute Gasteiger partial charge is 0.487 e. The van der Waals surface area contributed by atoms with Gasteiger partial charge in [-0.15, -0.1) is 0 Å². The third kappa shape index (κ3) is 6.00. The molecule has 0 aliphatic carbocycles. The maximum absolute atomic E-state index is 12.0. The Labute approximate surface area is 185 Å². The van der Waals surface area contributed by atoms with Crippen LogP contribution in [0.15, 0.2) is 86.8 Å². The van der Waals surface area contributed by atoms with Gasteiger partial charge in [0.15, 0.2) is 6.10 Å². The van der Waals surface area contributed by atoms with E-state index >= 15 is 0 Å². The summed E-state index contributed by atoms with van der Waals surface area (Å²) >= 11 is 7.00. The van der Waals surface area contributed by atoms with Crippen LogP contribution in [-0.2, 0) is 11.4 Å². The second-order valence-electron chi connectivity index (χ2n) is 6.14. The highest BCUT2D eigenvalue weighted by atomic mass is 79.9. The lowest BCUT2D eigenvalue weighted by Crippen LogP contribution is -2.25. The van der Waals surface area contributed by atoms with Crippen LogP contribution in [0.25, 0.3) is 0 Å². The lowest BCUT2D eigenvalue weighted by Gasteiger charge is -2.11. The molecule has 0 saturated heterocycles. The highest BCUT2D eigenvalue weighted by molar-refractivity contribution is 9.11. The van der Waals surface area contributed by atoms with Gasteiger partial charge in [-0.2, -0.15) is 5.10 Å². The van der Waals surface area contributed by atoms with Crippen LogP contribution in [0.3, 0.4) is 0 Å². The Morgan fingerprint density at radius 1 is 1.03 bits per heavy atom. The molecule has 3 aromatic rings. The molecule has 3 aromatic carbocycles. The first-order chi connectivity index (χ1) is 14.0.